The Morgan fingerprint density at radius 1 is 1.00 bits per heavy atom. The van der Waals surface area contributed by atoms with Gasteiger partial charge in [-0.3, -0.25) is 14.6 Å². The third kappa shape index (κ3) is 5.16. The van der Waals surface area contributed by atoms with E-state index in [1.807, 2.05) is 48.5 Å². The van der Waals surface area contributed by atoms with E-state index in [0.717, 1.165) is 11.4 Å². The zero-order valence-corrected chi connectivity index (χ0v) is 17.5. The summed E-state index contributed by atoms with van der Waals surface area (Å²) in [7, 11) is 0. The number of aryl methyl sites for hydroxylation is 1. The van der Waals surface area contributed by atoms with Crippen molar-refractivity contribution in [3.8, 4) is 0 Å². The van der Waals surface area contributed by atoms with Crippen LogP contribution in [0.5, 0.6) is 0 Å². The second-order valence-corrected chi connectivity index (χ2v) is 7.60. The first kappa shape index (κ1) is 20.8. The lowest BCUT2D eigenvalue weighted by molar-refractivity contribution is -0.118. The number of rotatable bonds is 7. The highest BCUT2D eigenvalue weighted by atomic mass is 35.5. The molecule has 0 saturated carbocycles. The van der Waals surface area contributed by atoms with Crippen molar-refractivity contribution in [2.24, 2.45) is 0 Å². The van der Waals surface area contributed by atoms with E-state index in [4.69, 9.17) is 11.6 Å². The van der Waals surface area contributed by atoms with Gasteiger partial charge in [-0.25, -0.2) is 4.98 Å². The summed E-state index contributed by atoms with van der Waals surface area (Å²) in [5, 5.41) is 1.17. The number of halogens is 1. The number of aromatic nitrogens is 3. The van der Waals surface area contributed by atoms with Gasteiger partial charge in [0.1, 0.15) is 5.82 Å². The van der Waals surface area contributed by atoms with Crippen molar-refractivity contribution in [2.75, 3.05) is 4.90 Å². The van der Waals surface area contributed by atoms with E-state index in [1.165, 1.54) is 0 Å². The molecule has 1 amide bonds. The van der Waals surface area contributed by atoms with E-state index in [-0.39, 0.29) is 11.5 Å². The fourth-order valence-electron chi connectivity index (χ4n) is 3.39. The van der Waals surface area contributed by atoms with Gasteiger partial charge in [0.25, 0.3) is 5.56 Å². The Morgan fingerprint density at radius 2 is 1.77 bits per heavy atom. The number of pyridine rings is 1. The predicted molar refractivity (Wildman–Crippen MR) is 122 cm³/mol. The van der Waals surface area contributed by atoms with Crippen LogP contribution in [0.25, 0.3) is 10.9 Å². The molecule has 2 aromatic carbocycles. The fourth-order valence-corrected chi connectivity index (χ4v) is 3.52. The number of hydrogen-bond acceptors (Lipinski definition) is 4. The van der Waals surface area contributed by atoms with Gasteiger partial charge in [0.2, 0.25) is 5.91 Å². The number of carbonyl (C=O) groups is 1. The Bertz CT molecular complexity index is 1240. The van der Waals surface area contributed by atoms with E-state index in [9.17, 15) is 9.59 Å². The van der Waals surface area contributed by atoms with Crippen LogP contribution in [-0.4, -0.2) is 20.9 Å². The van der Waals surface area contributed by atoms with Gasteiger partial charge in [-0.1, -0.05) is 29.8 Å². The lowest BCUT2D eigenvalue weighted by Crippen LogP contribution is -2.30. The molecule has 0 aliphatic rings. The number of para-hydroxylation sites is 1. The third-order valence-corrected chi connectivity index (χ3v) is 5.20. The first-order chi connectivity index (χ1) is 15.1. The number of carbonyl (C=O) groups excluding carboxylic acids is 1. The van der Waals surface area contributed by atoms with E-state index < -0.39 is 0 Å². The molecule has 156 valence electrons. The van der Waals surface area contributed by atoms with Crippen LogP contribution in [0.2, 0.25) is 5.02 Å². The van der Waals surface area contributed by atoms with E-state index >= 15 is 0 Å². The van der Waals surface area contributed by atoms with Crippen LogP contribution in [0, 0.1) is 0 Å². The molecule has 0 fully saturated rings. The average Bonchev–Trinajstić information content (AvgIpc) is 2.79. The lowest BCUT2D eigenvalue weighted by Gasteiger charge is -2.23. The summed E-state index contributed by atoms with van der Waals surface area (Å²) in [6.07, 6.45) is 3.09. The lowest BCUT2D eigenvalue weighted by atomic mass is 10.1. The molecule has 2 aromatic heterocycles. The smallest absolute Gasteiger partial charge is 0.258 e. The molecular weight excluding hydrogens is 412 g/mol. The number of hydrogen-bond donors (Lipinski definition) is 1. The highest BCUT2D eigenvalue weighted by Gasteiger charge is 2.17. The quantitative estimate of drug-likeness (QED) is 0.465. The van der Waals surface area contributed by atoms with Crippen LogP contribution in [0.3, 0.4) is 0 Å². The molecule has 2 heterocycles. The molecule has 0 aliphatic carbocycles. The Balaban J connectivity index is 1.47. The Labute approximate surface area is 184 Å². The summed E-state index contributed by atoms with van der Waals surface area (Å²) in [6.45, 7) is 0.367. The monoisotopic (exact) mass is 432 g/mol. The van der Waals surface area contributed by atoms with Crippen molar-refractivity contribution in [2.45, 2.75) is 25.8 Å². The SMILES string of the molecule is O=C(CCCc1nc2ccccc2c(=O)[nH]1)N(Cc1ccccn1)c1ccc(Cl)cc1. The largest absolute Gasteiger partial charge is 0.310 e. The summed E-state index contributed by atoms with van der Waals surface area (Å²) >= 11 is 6.01. The van der Waals surface area contributed by atoms with Crippen LogP contribution < -0.4 is 10.5 Å². The topological polar surface area (TPSA) is 79.0 Å². The highest BCUT2D eigenvalue weighted by molar-refractivity contribution is 6.30. The number of amides is 1. The van der Waals surface area contributed by atoms with Gasteiger partial charge in [-0.15, -0.1) is 0 Å². The molecule has 0 atom stereocenters. The van der Waals surface area contributed by atoms with Gasteiger partial charge in [-0.05, 0) is 55.0 Å². The predicted octanol–water partition coefficient (Wildman–Crippen LogP) is 4.53. The number of aromatic amines is 1. The van der Waals surface area contributed by atoms with Gasteiger partial charge >= 0.3 is 0 Å². The summed E-state index contributed by atoms with van der Waals surface area (Å²) in [5.41, 5.74) is 2.05. The van der Waals surface area contributed by atoms with Crippen LogP contribution in [0.15, 0.2) is 77.7 Å². The van der Waals surface area contributed by atoms with Crippen LogP contribution >= 0.6 is 11.6 Å². The third-order valence-electron chi connectivity index (χ3n) is 4.95. The van der Waals surface area contributed by atoms with E-state index in [0.29, 0.717) is 47.6 Å². The number of nitrogens with zero attached hydrogens (tertiary/aromatic N) is 3. The minimum Gasteiger partial charge on any atom is -0.310 e. The molecule has 1 N–H and O–H groups in total. The molecule has 31 heavy (non-hydrogen) atoms. The maximum absolute atomic E-state index is 13.1. The van der Waals surface area contributed by atoms with Crippen molar-refractivity contribution in [1.82, 2.24) is 15.0 Å². The second kappa shape index (κ2) is 9.53. The van der Waals surface area contributed by atoms with Crippen molar-refractivity contribution in [3.05, 3.63) is 99.8 Å². The Kier molecular flexibility index (Phi) is 6.38. The van der Waals surface area contributed by atoms with Crippen molar-refractivity contribution in [1.29, 1.82) is 0 Å². The molecule has 0 spiro atoms. The van der Waals surface area contributed by atoms with E-state index in [2.05, 4.69) is 15.0 Å². The zero-order valence-electron chi connectivity index (χ0n) is 16.8. The number of anilines is 1. The zero-order chi connectivity index (χ0) is 21.6. The first-order valence-corrected chi connectivity index (χ1v) is 10.4. The van der Waals surface area contributed by atoms with E-state index in [1.54, 1.807) is 29.3 Å². The maximum Gasteiger partial charge on any atom is 0.258 e. The average molecular weight is 433 g/mol. The molecule has 7 heteroatoms. The highest BCUT2D eigenvalue weighted by Crippen LogP contribution is 2.21. The minimum absolute atomic E-state index is 0.0314. The molecule has 0 unspecified atom stereocenters. The van der Waals surface area contributed by atoms with Gasteiger partial charge in [0, 0.05) is 29.7 Å². The van der Waals surface area contributed by atoms with Crippen molar-refractivity contribution in [3.63, 3.8) is 0 Å². The molecule has 4 rings (SSSR count). The molecule has 0 aliphatic heterocycles. The first-order valence-electron chi connectivity index (χ1n) is 10.0. The molecule has 0 bridgehead atoms. The molecular formula is C24H21ClN4O2. The summed E-state index contributed by atoms with van der Waals surface area (Å²) in [6, 6.07) is 20.0. The fraction of sp³-hybridized carbons (Fsp3) is 0.167. The van der Waals surface area contributed by atoms with Crippen LogP contribution in [0.4, 0.5) is 5.69 Å². The molecule has 0 radical (unpaired) electrons. The summed E-state index contributed by atoms with van der Waals surface area (Å²) in [5.74, 6) is 0.551. The maximum atomic E-state index is 13.1. The number of benzene rings is 2. The number of H-pyrrole nitrogens is 1. The van der Waals surface area contributed by atoms with Crippen molar-refractivity contribution < 1.29 is 4.79 Å². The van der Waals surface area contributed by atoms with Crippen molar-refractivity contribution >= 4 is 34.1 Å². The number of fused-ring (bicyclic) bond motifs is 1. The Morgan fingerprint density at radius 3 is 2.55 bits per heavy atom. The summed E-state index contributed by atoms with van der Waals surface area (Å²) in [4.78, 5) is 38.7. The van der Waals surface area contributed by atoms with Gasteiger partial charge in [0.15, 0.2) is 0 Å². The molecule has 4 aromatic rings. The molecule has 6 nitrogen and oxygen atoms in total. The Hall–Kier alpha value is -3.51. The molecule has 0 saturated heterocycles. The van der Waals surface area contributed by atoms with Gasteiger partial charge in [-0.2, -0.15) is 0 Å². The standard InChI is InChI=1S/C24H21ClN4O2/c25-17-11-13-19(14-12-17)29(16-18-6-3-4-15-26-18)23(30)10-5-9-22-27-21-8-2-1-7-20(21)24(31)28-22/h1-4,6-8,11-15H,5,9-10,16H2,(H,27,28,31). The van der Waals surface area contributed by atoms with Gasteiger partial charge in [0.05, 0.1) is 23.1 Å². The summed E-state index contributed by atoms with van der Waals surface area (Å²) < 4.78 is 0. The number of nitrogens with one attached hydrogen (secondary N) is 1. The van der Waals surface area contributed by atoms with Gasteiger partial charge < -0.3 is 9.88 Å². The van der Waals surface area contributed by atoms with Crippen LogP contribution in [0.1, 0.15) is 24.4 Å². The minimum atomic E-state index is -0.162. The second-order valence-electron chi connectivity index (χ2n) is 7.16. The van der Waals surface area contributed by atoms with Crippen LogP contribution in [-0.2, 0) is 17.8 Å². The normalized spacial score (nSPS) is 10.9.